The summed E-state index contributed by atoms with van der Waals surface area (Å²) in [6.07, 6.45) is 3.25. The smallest absolute Gasteiger partial charge is 0.307 e. The van der Waals surface area contributed by atoms with Crippen LogP contribution in [0.3, 0.4) is 0 Å². The van der Waals surface area contributed by atoms with Gasteiger partial charge in [0.1, 0.15) is 0 Å². The monoisotopic (exact) mass is 316 g/mol. The Labute approximate surface area is 139 Å². The normalized spacial score (nSPS) is 18.2. The largest absolute Gasteiger partial charge is 0.481 e. The number of rotatable bonds is 5. The van der Waals surface area contributed by atoms with Gasteiger partial charge < -0.3 is 5.11 Å². The highest BCUT2D eigenvalue weighted by molar-refractivity contribution is 6.05. The van der Waals surface area contributed by atoms with Gasteiger partial charge in [0.2, 0.25) is 0 Å². The fourth-order valence-electron chi connectivity index (χ4n) is 4.63. The number of ketones is 1. The van der Waals surface area contributed by atoms with Crippen LogP contribution in [0.5, 0.6) is 0 Å². The van der Waals surface area contributed by atoms with Crippen molar-refractivity contribution in [3.63, 3.8) is 0 Å². The van der Waals surface area contributed by atoms with Gasteiger partial charge >= 0.3 is 5.97 Å². The number of carbonyl (C=O) groups excluding carboxylic acids is 1. The van der Waals surface area contributed by atoms with Crippen LogP contribution in [0.4, 0.5) is 0 Å². The molecular weight excluding hydrogens is 288 g/mol. The van der Waals surface area contributed by atoms with E-state index in [0.29, 0.717) is 12.8 Å². The Morgan fingerprint density at radius 3 is 1.91 bits per heavy atom. The van der Waals surface area contributed by atoms with Crippen molar-refractivity contribution in [3.8, 4) is 0 Å². The molecule has 2 rings (SSSR count). The molecular formula is C20H28O3. The summed E-state index contributed by atoms with van der Waals surface area (Å²) in [5, 5.41) is 9.80. The third kappa shape index (κ3) is 3.06. The molecule has 3 heteroatoms. The Bertz CT molecular complexity index is 599. The molecule has 1 saturated carbocycles. The number of carboxylic acid groups (broad SMARTS) is 1. The van der Waals surface area contributed by atoms with Crippen molar-refractivity contribution in [3.05, 3.63) is 34.4 Å². The first-order chi connectivity index (χ1) is 10.7. The molecule has 1 N–H and O–H groups in total. The predicted molar refractivity (Wildman–Crippen MR) is 91.8 cm³/mol. The molecule has 1 aromatic rings. The molecule has 1 fully saturated rings. The molecule has 0 bridgehead atoms. The van der Waals surface area contributed by atoms with E-state index < -0.39 is 17.3 Å². The zero-order valence-corrected chi connectivity index (χ0v) is 14.9. The van der Waals surface area contributed by atoms with Crippen molar-refractivity contribution >= 4 is 11.8 Å². The number of carboxylic acids is 1. The van der Waals surface area contributed by atoms with E-state index in [0.717, 1.165) is 35.1 Å². The Balaban J connectivity index is 2.58. The molecule has 1 aromatic carbocycles. The number of benzene rings is 1. The third-order valence-corrected chi connectivity index (χ3v) is 5.38. The molecule has 1 atom stereocenters. The zero-order valence-electron chi connectivity index (χ0n) is 14.9. The summed E-state index contributed by atoms with van der Waals surface area (Å²) in [6, 6.07) is 4.04. The Morgan fingerprint density at radius 2 is 1.52 bits per heavy atom. The minimum absolute atomic E-state index is 0.0473. The van der Waals surface area contributed by atoms with Crippen LogP contribution in [0.2, 0.25) is 0 Å². The quantitative estimate of drug-likeness (QED) is 0.800. The molecule has 0 radical (unpaired) electrons. The lowest BCUT2D eigenvalue weighted by Gasteiger charge is -2.37. The molecule has 126 valence electrons. The van der Waals surface area contributed by atoms with Crippen molar-refractivity contribution in [1.29, 1.82) is 0 Å². The third-order valence-electron chi connectivity index (χ3n) is 5.38. The first-order valence-electron chi connectivity index (χ1n) is 8.56. The van der Waals surface area contributed by atoms with Crippen LogP contribution in [-0.4, -0.2) is 16.9 Å². The van der Waals surface area contributed by atoms with E-state index in [1.54, 1.807) is 0 Å². The average Bonchev–Trinajstić information content (AvgIpc) is 2.86. The Kier molecular flexibility index (Phi) is 4.98. The van der Waals surface area contributed by atoms with Gasteiger partial charge in [0.15, 0.2) is 5.78 Å². The minimum atomic E-state index is -0.835. The van der Waals surface area contributed by atoms with Gasteiger partial charge in [0, 0.05) is 11.0 Å². The summed E-state index contributed by atoms with van der Waals surface area (Å²) in [6.45, 7) is 9.78. The molecule has 1 aliphatic rings. The van der Waals surface area contributed by atoms with Crippen LogP contribution < -0.4 is 0 Å². The molecule has 3 nitrogen and oxygen atoms in total. The summed E-state index contributed by atoms with van der Waals surface area (Å²) in [5.41, 5.74) is 3.06. The molecule has 0 aliphatic heterocycles. The first kappa shape index (κ1) is 17.7. The van der Waals surface area contributed by atoms with Crippen molar-refractivity contribution in [2.45, 2.75) is 60.3 Å². The second-order valence-electron chi connectivity index (χ2n) is 7.53. The molecule has 23 heavy (non-hydrogen) atoms. The summed E-state index contributed by atoms with van der Waals surface area (Å²) in [7, 11) is 0. The van der Waals surface area contributed by atoms with E-state index in [1.165, 1.54) is 0 Å². The summed E-state index contributed by atoms with van der Waals surface area (Å²) < 4.78 is 0. The van der Waals surface area contributed by atoms with Gasteiger partial charge in [-0.3, -0.25) is 9.59 Å². The van der Waals surface area contributed by atoms with E-state index in [4.69, 9.17) is 0 Å². The first-order valence-corrected chi connectivity index (χ1v) is 8.56. The lowest BCUT2D eigenvalue weighted by molar-refractivity contribution is -0.147. The molecule has 0 amide bonds. The maximum Gasteiger partial charge on any atom is 0.307 e. The maximum atomic E-state index is 13.5. The van der Waals surface area contributed by atoms with Gasteiger partial charge in [-0.25, -0.2) is 0 Å². The van der Waals surface area contributed by atoms with Crippen LogP contribution in [0.1, 0.15) is 66.6 Å². The van der Waals surface area contributed by atoms with Crippen molar-refractivity contribution in [1.82, 2.24) is 0 Å². The highest BCUT2D eigenvalue weighted by Crippen LogP contribution is 2.50. The summed E-state index contributed by atoms with van der Waals surface area (Å²) in [4.78, 5) is 25.4. The second kappa shape index (κ2) is 6.46. The van der Waals surface area contributed by atoms with Crippen LogP contribution >= 0.6 is 0 Å². The Morgan fingerprint density at radius 1 is 1.04 bits per heavy atom. The van der Waals surface area contributed by atoms with E-state index in [9.17, 15) is 14.7 Å². The Hall–Kier alpha value is -1.64. The zero-order chi connectivity index (χ0) is 17.4. The predicted octanol–water partition coefficient (Wildman–Crippen LogP) is 4.71. The molecule has 0 aromatic heterocycles. The SMILES string of the molecule is Cc1cc(C)c(C(=O)C2(C(C(=O)O)C(C)C)CCCC2)c(C)c1. The highest BCUT2D eigenvalue weighted by atomic mass is 16.4. The summed E-state index contributed by atoms with van der Waals surface area (Å²) >= 11 is 0. The standard InChI is InChI=1S/C20H28O3/c1-12(2)17(19(22)23)20(8-6-7-9-20)18(21)16-14(4)10-13(3)11-15(16)5/h10-12,17H,6-9H2,1-5H3,(H,22,23). The van der Waals surface area contributed by atoms with E-state index in [-0.39, 0.29) is 11.7 Å². The molecule has 0 heterocycles. The molecule has 0 saturated heterocycles. The molecule has 1 aliphatic carbocycles. The lowest BCUT2D eigenvalue weighted by Crippen LogP contribution is -2.44. The fourth-order valence-corrected chi connectivity index (χ4v) is 4.63. The molecule has 1 unspecified atom stereocenters. The van der Waals surface area contributed by atoms with Gasteiger partial charge in [-0.05, 0) is 50.7 Å². The number of hydrogen-bond donors (Lipinski definition) is 1. The number of aliphatic carboxylic acids is 1. The van der Waals surface area contributed by atoms with Crippen LogP contribution in [0, 0.1) is 38.0 Å². The molecule has 0 spiro atoms. The number of aryl methyl sites for hydroxylation is 3. The van der Waals surface area contributed by atoms with Gasteiger partial charge in [0.05, 0.1) is 5.92 Å². The topological polar surface area (TPSA) is 54.4 Å². The van der Waals surface area contributed by atoms with Crippen LogP contribution in [0.25, 0.3) is 0 Å². The van der Waals surface area contributed by atoms with Gasteiger partial charge in [0.25, 0.3) is 0 Å². The van der Waals surface area contributed by atoms with Crippen molar-refractivity contribution in [2.24, 2.45) is 17.3 Å². The van der Waals surface area contributed by atoms with E-state index >= 15 is 0 Å². The van der Waals surface area contributed by atoms with Crippen molar-refractivity contribution < 1.29 is 14.7 Å². The average molecular weight is 316 g/mol. The van der Waals surface area contributed by atoms with Gasteiger partial charge in [-0.2, -0.15) is 0 Å². The van der Waals surface area contributed by atoms with Crippen molar-refractivity contribution in [2.75, 3.05) is 0 Å². The maximum absolute atomic E-state index is 13.5. The van der Waals surface area contributed by atoms with E-state index in [1.807, 2.05) is 46.8 Å². The fraction of sp³-hybridized carbons (Fsp3) is 0.600. The number of Topliss-reactive ketones (excluding diaryl/α,β-unsaturated/α-hetero) is 1. The second-order valence-corrected chi connectivity index (χ2v) is 7.53. The van der Waals surface area contributed by atoms with Gasteiger partial charge in [-0.1, -0.05) is 44.4 Å². The van der Waals surface area contributed by atoms with Gasteiger partial charge in [-0.15, -0.1) is 0 Å². The summed E-state index contributed by atoms with van der Waals surface area (Å²) in [5.74, 6) is -1.46. The highest BCUT2D eigenvalue weighted by Gasteiger charge is 2.52. The number of carbonyl (C=O) groups is 2. The lowest BCUT2D eigenvalue weighted by atomic mass is 9.64. The minimum Gasteiger partial charge on any atom is -0.481 e. The number of hydrogen-bond acceptors (Lipinski definition) is 2. The van der Waals surface area contributed by atoms with Crippen LogP contribution in [0.15, 0.2) is 12.1 Å². The van der Waals surface area contributed by atoms with Crippen LogP contribution in [-0.2, 0) is 4.79 Å². The van der Waals surface area contributed by atoms with E-state index in [2.05, 4.69) is 0 Å².